The van der Waals surface area contributed by atoms with Gasteiger partial charge in [0.1, 0.15) is 0 Å². The van der Waals surface area contributed by atoms with Crippen molar-refractivity contribution in [3.63, 3.8) is 0 Å². The van der Waals surface area contributed by atoms with E-state index in [1.165, 1.54) is 51.4 Å². The normalized spacial score (nSPS) is 37.0. The molecule has 2 aliphatic carbocycles. The average Bonchev–Trinajstić information content (AvgIpc) is 3.07. The van der Waals surface area contributed by atoms with Crippen LogP contribution in [0.2, 0.25) is 0 Å². The van der Waals surface area contributed by atoms with Gasteiger partial charge in [0, 0.05) is 12.1 Å². The molecule has 108 valence electrons. The van der Waals surface area contributed by atoms with Gasteiger partial charge in [0.15, 0.2) is 0 Å². The molecule has 1 amide bonds. The van der Waals surface area contributed by atoms with E-state index in [1.54, 1.807) is 0 Å². The Morgan fingerprint density at radius 1 is 1.11 bits per heavy atom. The van der Waals surface area contributed by atoms with Gasteiger partial charge < -0.3 is 10.6 Å². The zero-order valence-corrected chi connectivity index (χ0v) is 12.2. The van der Waals surface area contributed by atoms with Crippen molar-refractivity contribution >= 4 is 5.91 Å². The Morgan fingerprint density at radius 3 is 2.53 bits per heavy atom. The van der Waals surface area contributed by atoms with E-state index in [-0.39, 0.29) is 11.9 Å². The molecule has 2 N–H and O–H groups in total. The zero-order chi connectivity index (χ0) is 13.2. The van der Waals surface area contributed by atoms with Crippen LogP contribution < -0.4 is 10.6 Å². The maximum Gasteiger partial charge on any atom is 0.237 e. The summed E-state index contributed by atoms with van der Waals surface area (Å²) in [6.45, 7) is 2.19. The lowest BCUT2D eigenvalue weighted by Gasteiger charge is -2.24. The minimum absolute atomic E-state index is 0.0805. The van der Waals surface area contributed by atoms with Crippen LogP contribution in [0.15, 0.2) is 0 Å². The third kappa shape index (κ3) is 2.96. The molecule has 3 nitrogen and oxygen atoms in total. The van der Waals surface area contributed by atoms with Crippen LogP contribution in [0.1, 0.15) is 64.7 Å². The summed E-state index contributed by atoms with van der Waals surface area (Å²) >= 11 is 0. The van der Waals surface area contributed by atoms with E-state index >= 15 is 0 Å². The highest BCUT2D eigenvalue weighted by Gasteiger charge is 2.38. The average molecular weight is 264 g/mol. The van der Waals surface area contributed by atoms with Gasteiger partial charge in [-0.2, -0.15) is 0 Å². The van der Waals surface area contributed by atoms with E-state index < -0.39 is 0 Å². The standard InChI is InChI=1S/C16H28N2O/c1-11(12-6-2-3-7-12)17-16(19)15-10-13-8-4-5-9-14(13)18-15/h11-15,18H,2-10H2,1H3,(H,17,19)/t11-,13?,14?,15?/m0/s1. The Morgan fingerprint density at radius 2 is 1.79 bits per heavy atom. The molecule has 0 aromatic carbocycles. The van der Waals surface area contributed by atoms with Crippen LogP contribution in [-0.2, 0) is 4.79 Å². The molecule has 1 saturated heterocycles. The second-order valence-electron chi connectivity index (χ2n) is 6.95. The highest BCUT2D eigenvalue weighted by Crippen LogP contribution is 2.33. The number of carbonyl (C=O) groups excluding carboxylic acids is 1. The first-order chi connectivity index (χ1) is 9.24. The lowest BCUT2D eigenvalue weighted by molar-refractivity contribution is -0.123. The third-order valence-corrected chi connectivity index (χ3v) is 5.66. The molecule has 3 heteroatoms. The predicted octanol–water partition coefficient (Wildman–Crippen LogP) is 2.60. The quantitative estimate of drug-likeness (QED) is 0.822. The Bertz CT molecular complexity index is 311. The summed E-state index contributed by atoms with van der Waals surface area (Å²) < 4.78 is 0. The summed E-state index contributed by atoms with van der Waals surface area (Å²) in [5.74, 6) is 1.73. The fraction of sp³-hybridized carbons (Fsp3) is 0.938. The van der Waals surface area contributed by atoms with Crippen LogP contribution in [-0.4, -0.2) is 24.0 Å². The number of nitrogens with one attached hydrogen (secondary N) is 2. The second-order valence-corrected chi connectivity index (χ2v) is 6.95. The molecular formula is C16H28N2O. The Labute approximate surface area is 116 Å². The number of fused-ring (bicyclic) bond motifs is 1. The lowest BCUT2D eigenvalue weighted by atomic mass is 9.85. The van der Waals surface area contributed by atoms with Crippen LogP contribution in [0, 0.1) is 11.8 Å². The van der Waals surface area contributed by atoms with Crippen LogP contribution >= 0.6 is 0 Å². The van der Waals surface area contributed by atoms with Gasteiger partial charge in [0.25, 0.3) is 0 Å². The molecular weight excluding hydrogens is 236 g/mol. The fourth-order valence-corrected chi connectivity index (χ4v) is 4.42. The van der Waals surface area contributed by atoms with Gasteiger partial charge in [0.2, 0.25) is 5.91 Å². The predicted molar refractivity (Wildman–Crippen MR) is 76.8 cm³/mol. The maximum atomic E-state index is 12.4. The highest BCUT2D eigenvalue weighted by molar-refractivity contribution is 5.82. The Hall–Kier alpha value is -0.570. The van der Waals surface area contributed by atoms with Crippen molar-refractivity contribution < 1.29 is 4.79 Å². The van der Waals surface area contributed by atoms with Gasteiger partial charge in [-0.3, -0.25) is 4.79 Å². The van der Waals surface area contributed by atoms with E-state index in [1.807, 2.05) is 0 Å². The van der Waals surface area contributed by atoms with Crippen molar-refractivity contribution in [2.75, 3.05) is 0 Å². The smallest absolute Gasteiger partial charge is 0.237 e. The lowest BCUT2D eigenvalue weighted by Crippen LogP contribution is -2.47. The molecule has 0 aromatic heterocycles. The summed E-state index contributed by atoms with van der Waals surface area (Å²) in [6.07, 6.45) is 11.6. The van der Waals surface area contributed by atoms with Gasteiger partial charge in [-0.25, -0.2) is 0 Å². The van der Waals surface area contributed by atoms with Gasteiger partial charge in [-0.1, -0.05) is 25.7 Å². The van der Waals surface area contributed by atoms with Crippen LogP contribution in [0.25, 0.3) is 0 Å². The largest absolute Gasteiger partial charge is 0.352 e. The molecule has 4 atom stereocenters. The number of carbonyl (C=O) groups is 1. The van der Waals surface area contributed by atoms with E-state index in [0.29, 0.717) is 18.0 Å². The third-order valence-electron chi connectivity index (χ3n) is 5.66. The molecule has 1 aliphatic heterocycles. The molecule has 0 spiro atoms. The second kappa shape index (κ2) is 5.82. The molecule has 3 rings (SSSR count). The number of rotatable bonds is 3. The first kappa shape index (κ1) is 13.4. The van der Waals surface area contributed by atoms with Gasteiger partial charge in [-0.15, -0.1) is 0 Å². The van der Waals surface area contributed by atoms with Crippen LogP contribution in [0.4, 0.5) is 0 Å². The summed E-state index contributed by atoms with van der Waals surface area (Å²) in [5.41, 5.74) is 0. The summed E-state index contributed by atoms with van der Waals surface area (Å²) in [4.78, 5) is 12.4. The number of hydrogen-bond acceptors (Lipinski definition) is 2. The molecule has 1 heterocycles. The first-order valence-electron chi connectivity index (χ1n) is 8.30. The topological polar surface area (TPSA) is 41.1 Å². The van der Waals surface area contributed by atoms with Gasteiger partial charge in [0.05, 0.1) is 6.04 Å². The minimum atomic E-state index is 0.0805. The SMILES string of the molecule is C[C@H](NC(=O)C1CC2CCCCC2N1)C1CCCC1. The molecule has 3 unspecified atom stereocenters. The van der Waals surface area contributed by atoms with Crippen molar-refractivity contribution in [1.82, 2.24) is 10.6 Å². The first-order valence-corrected chi connectivity index (χ1v) is 8.30. The van der Waals surface area contributed by atoms with E-state index in [2.05, 4.69) is 17.6 Å². The number of amides is 1. The molecule has 0 aromatic rings. The number of hydrogen-bond donors (Lipinski definition) is 2. The molecule has 2 saturated carbocycles. The monoisotopic (exact) mass is 264 g/mol. The van der Waals surface area contributed by atoms with Crippen LogP contribution in [0.5, 0.6) is 0 Å². The van der Waals surface area contributed by atoms with E-state index in [4.69, 9.17) is 0 Å². The van der Waals surface area contributed by atoms with Crippen molar-refractivity contribution in [3.8, 4) is 0 Å². The summed E-state index contributed by atoms with van der Waals surface area (Å²) in [7, 11) is 0. The van der Waals surface area contributed by atoms with Crippen molar-refractivity contribution in [2.24, 2.45) is 11.8 Å². The van der Waals surface area contributed by atoms with Crippen molar-refractivity contribution in [3.05, 3.63) is 0 Å². The van der Waals surface area contributed by atoms with Crippen molar-refractivity contribution in [1.29, 1.82) is 0 Å². The fourth-order valence-electron chi connectivity index (χ4n) is 4.42. The van der Waals surface area contributed by atoms with E-state index in [0.717, 1.165) is 12.3 Å². The molecule has 3 aliphatic rings. The Kier molecular flexibility index (Phi) is 4.11. The zero-order valence-electron chi connectivity index (χ0n) is 12.2. The molecule has 0 bridgehead atoms. The minimum Gasteiger partial charge on any atom is -0.352 e. The molecule has 19 heavy (non-hydrogen) atoms. The molecule has 0 radical (unpaired) electrons. The molecule has 3 fully saturated rings. The van der Waals surface area contributed by atoms with Crippen LogP contribution in [0.3, 0.4) is 0 Å². The maximum absolute atomic E-state index is 12.4. The summed E-state index contributed by atoms with van der Waals surface area (Å²) in [6, 6.07) is 1.06. The highest BCUT2D eigenvalue weighted by atomic mass is 16.2. The summed E-state index contributed by atoms with van der Waals surface area (Å²) in [5, 5.41) is 6.85. The van der Waals surface area contributed by atoms with Crippen molar-refractivity contribution in [2.45, 2.75) is 82.8 Å². The van der Waals surface area contributed by atoms with E-state index in [9.17, 15) is 4.79 Å². The Balaban J connectivity index is 1.50. The van der Waals surface area contributed by atoms with Gasteiger partial charge in [-0.05, 0) is 50.9 Å². The van der Waals surface area contributed by atoms with Gasteiger partial charge >= 0.3 is 0 Å².